The number of hydrogen-bond donors (Lipinski definition) is 3. The zero-order valence-corrected chi connectivity index (χ0v) is 30.1. The van der Waals surface area contributed by atoms with Crippen molar-refractivity contribution >= 4 is 23.3 Å². The molecule has 15 heteroatoms. The van der Waals surface area contributed by atoms with Gasteiger partial charge in [0.15, 0.2) is 0 Å². The Bertz CT molecular complexity index is 1650. The molecule has 0 spiro atoms. The van der Waals surface area contributed by atoms with Crippen LogP contribution in [0.1, 0.15) is 67.1 Å². The Balaban J connectivity index is 1.55. The number of likely N-dealkylation sites (N-methyl/N-ethyl adjacent to an activating group) is 1. The van der Waals surface area contributed by atoms with Crippen molar-refractivity contribution in [2.75, 3.05) is 44.0 Å². The summed E-state index contributed by atoms with van der Waals surface area (Å²) in [6.07, 6.45) is -7.47. The largest absolute Gasteiger partial charge is 0.490 e. The maximum Gasteiger partial charge on any atom is 0.416 e. The Kier molecular flexibility index (Phi) is 14.2. The maximum absolute atomic E-state index is 14.4. The number of hydrogen-bond acceptors (Lipinski definition) is 6. The molecule has 53 heavy (non-hydrogen) atoms. The number of alkyl halides is 6. The maximum atomic E-state index is 14.4. The number of urea groups is 1. The zero-order chi connectivity index (χ0) is 38.9. The molecule has 4 atom stereocenters. The third-order valence-electron chi connectivity index (χ3n) is 9.00. The Morgan fingerprint density at radius 1 is 0.925 bits per heavy atom. The summed E-state index contributed by atoms with van der Waals surface area (Å²) < 4.78 is 90.7. The highest BCUT2D eigenvalue weighted by Crippen LogP contribution is 2.32. The van der Waals surface area contributed by atoms with Crippen LogP contribution < -0.4 is 15.4 Å². The number of aliphatic hydroxyl groups excluding tert-OH is 1. The molecule has 0 saturated heterocycles. The SMILES string of the molecule is C[C@@H]1CCCCO[C@H](CN(C)Cc2ccc(C(F)(F)F)cc2)[C@H](C)CN([C@H](C)CO)C(=O)c2cc(NC(=O)Nc3ccc(C(F)(F)F)cc3)ccc2O1. The van der Waals surface area contributed by atoms with E-state index in [0.717, 1.165) is 49.2 Å². The summed E-state index contributed by atoms with van der Waals surface area (Å²) in [6.45, 7) is 6.54. The van der Waals surface area contributed by atoms with Crippen LogP contribution in [0.4, 0.5) is 42.5 Å². The van der Waals surface area contributed by atoms with Gasteiger partial charge in [0.1, 0.15) is 5.75 Å². The fourth-order valence-corrected chi connectivity index (χ4v) is 5.98. The first-order chi connectivity index (χ1) is 24.9. The molecule has 4 rings (SSSR count). The summed E-state index contributed by atoms with van der Waals surface area (Å²) in [5, 5.41) is 15.3. The molecule has 290 valence electrons. The standard InChI is InChI=1S/C38H46F6N4O5/c1-24-20-48(25(2)23-49)35(50)32-19-31(46-36(51)45-30-14-12-29(13-15-30)38(42,43)44)16-17-33(32)53-26(3)7-5-6-18-52-34(24)22-47(4)21-27-8-10-28(11-9-27)37(39,40)41/h8-17,19,24-26,34,49H,5-7,18,20-23H2,1-4H3,(H2,45,46,51)/t24-,25-,26-,34-/m1/s1. The van der Waals surface area contributed by atoms with Gasteiger partial charge in [0.25, 0.3) is 5.91 Å². The van der Waals surface area contributed by atoms with Crippen LogP contribution in [0.15, 0.2) is 66.7 Å². The number of carbonyl (C=O) groups is 2. The molecule has 0 aromatic heterocycles. The third-order valence-corrected chi connectivity index (χ3v) is 9.00. The molecule has 9 nitrogen and oxygen atoms in total. The van der Waals surface area contributed by atoms with Crippen LogP contribution >= 0.6 is 0 Å². The summed E-state index contributed by atoms with van der Waals surface area (Å²) >= 11 is 0. The summed E-state index contributed by atoms with van der Waals surface area (Å²) in [7, 11) is 1.84. The Morgan fingerprint density at radius 3 is 2.11 bits per heavy atom. The monoisotopic (exact) mass is 752 g/mol. The number of nitrogens with zero attached hydrogens (tertiary/aromatic N) is 2. The van der Waals surface area contributed by atoms with Crippen LogP contribution in [0.5, 0.6) is 5.75 Å². The lowest BCUT2D eigenvalue weighted by molar-refractivity contribution is -0.138. The molecule has 1 aliphatic rings. The second-order valence-corrected chi connectivity index (χ2v) is 13.6. The van der Waals surface area contributed by atoms with Gasteiger partial charge < -0.3 is 30.1 Å². The van der Waals surface area contributed by atoms with E-state index in [1.807, 2.05) is 25.8 Å². The Morgan fingerprint density at radius 2 is 1.51 bits per heavy atom. The lowest BCUT2D eigenvalue weighted by Crippen LogP contribution is -2.47. The number of carbonyl (C=O) groups excluding carboxylic acids is 2. The number of halogens is 6. The van der Waals surface area contributed by atoms with E-state index in [2.05, 4.69) is 10.6 Å². The van der Waals surface area contributed by atoms with E-state index in [1.165, 1.54) is 23.1 Å². The van der Waals surface area contributed by atoms with Gasteiger partial charge in [0.2, 0.25) is 0 Å². The molecule has 1 heterocycles. The molecule has 1 aliphatic heterocycles. The number of aliphatic hydroxyl groups is 1. The van der Waals surface area contributed by atoms with Gasteiger partial charge in [-0.3, -0.25) is 9.69 Å². The molecular weight excluding hydrogens is 706 g/mol. The molecule has 3 aromatic carbocycles. The predicted molar refractivity (Wildman–Crippen MR) is 189 cm³/mol. The highest BCUT2D eigenvalue weighted by atomic mass is 19.4. The van der Waals surface area contributed by atoms with Crippen LogP contribution in [0.25, 0.3) is 0 Å². The molecule has 0 bridgehead atoms. The van der Waals surface area contributed by atoms with Crippen LogP contribution in [0.3, 0.4) is 0 Å². The van der Waals surface area contributed by atoms with Crippen molar-refractivity contribution in [3.63, 3.8) is 0 Å². The minimum absolute atomic E-state index is 0.126. The molecular formula is C38H46F6N4O5. The number of nitrogens with one attached hydrogen (secondary N) is 2. The van der Waals surface area contributed by atoms with Gasteiger partial charge in [-0.2, -0.15) is 26.3 Å². The first kappa shape index (κ1) is 41.4. The van der Waals surface area contributed by atoms with E-state index in [-0.39, 0.29) is 54.0 Å². The number of benzene rings is 3. The van der Waals surface area contributed by atoms with E-state index in [4.69, 9.17) is 9.47 Å². The molecule has 3 amide bonds. The third kappa shape index (κ3) is 12.1. The number of amides is 3. The second kappa shape index (κ2) is 18.1. The summed E-state index contributed by atoms with van der Waals surface area (Å²) in [5.74, 6) is -0.452. The first-order valence-corrected chi connectivity index (χ1v) is 17.4. The number of fused-ring (bicyclic) bond motifs is 1. The van der Waals surface area contributed by atoms with Crippen molar-refractivity contribution in [1.29, 1.82) is 0 Å². The van der Waals surface area contributed by atoms with Crippen LogP contribution in [-0.2, 0) is 23.6 Å². The average Bonchev–Trinajstić information content (AvgIpc) is 3.09. The molecule has 0 radical (unpaired) electrons. The number of ether oxygens (including phenoxy) is 2. The van der Waals surface area contributed by atoms with Gasteiger partial charge in [-0.1, -0.05) is 19.1 Å². The normalized spacial score (nSPS) is 19.9. The highest BCUT2D eigenvalue weighted by Gasteiger charge is 2.32. The molecule has 0 unspecified atom stereocenters. The van der Waals surface area contributed by atoms with E-state index in [1.54, 1.807) is 19.1 Å². The minimum atomic E-state index is -4.52. The fraction of sp³-hybridized carbons (Fsp3) is 0.474. The Labute approximate surface area is 305 Å². The van der Waals surface area contributed by atoms with E-state index in [0.29, 0.717) is 31.7 Å². The van der Waals surface area contributed by atoms with Gasteiger partial charge in [0.05, 0.1) is 41.5 Å². The quantitative estimate of drug-likeness (QED) is 0.200. The van der Waals surface area contributed by atoms with E-state index >= 15 is 0 Å². The Hall–Kier alpha value is -4.34. The second-order valence-electron chi connectivity index (χ2n) is 13.6. The smallest absolute Gasteiger partial charge is 0.416 e. The van der Waals surface area contributed by atoms with Gasteiger partial charge in [-0.15, -0.1) is 0 Å². The molecule has 3 N–H and O–H groups in total. The van der Waals surface area contributed by atoms with Crippen LogP contribution in [-0.4, -0.2) is 78.4 Å². The van der Waals surface area contributed by atoms with Crippen molar-refractivity contribution in [2.45, 2.75) is 77.2 Å². The van der Waals surface area contributed by atoms with Crippen molar-refractivity contribution < 1.29 is 50.5 Å². The van der Waals surface area contributed by atoms with E-state index in [9.17, 15) is 41.0 Å². The molecule has 0 fully saturated rings. The van der Waals surface area contributed by atoms with Gasteiger partial charge in [-0.05, 0) is 100 Å². The molecule has 0 saturated carbocycles. The zero-order valence-electron chi connectivity index (χ0n) is 30.1. The van der Waals surface area contributed by atoms with Gasteiger partial charge in [0, 0.05) is 43.5 Å². The topological polar surface area (TPSA) is 103 Å². The first-order valence-electron chi connectivity index (χ1n) is 17.4. The van der Waals surface area contributed by atoms with Crippen LogP contribution in [0.2, 0.25) is 0 Å². The van der Waals surface area contributed by atoms with Gasteiger partial charge >= 0.3 is 18.4 Å². The van der Waals surface area contributed by atoms with Crippen molar-refractivity contribution in [3.8, 4) is 5.75 Å². The lowest BCUT2D eigenvalue weighted by Gasteiger charge is -2.36. The van der Waals surface area contributed by atoms with Crippen molar-refractivity contribution in [2.24, 2.45) is 5.92 Å². The van der Waals surface area contributed by atoms with Crippen molar-refractivity contribution in [3.05, 3.63) is 89.0 Å². The van der Waals surface area contributed by atoms with Crippen molar-refractivity contribution in [1.82, 2.24) is 9.80 Å². The molecule has 3 aromatic rings. The van der Waals surface area contributed by atoms with Crippen LogP contribution in [0, 0.1) is 5.92 Å². The molecule has 0 aliphatic carbocycles. The summed E-state index contributed by atoms with van der Waals surface area (Å²) in [5.41, 5.74) is -0.412. The number of anilines is 2. The summed E-state index contributed by atoms with van der Waals surface area (Å²) in [4.78, 5) is 30.7. The average molecular weight is 753 g/mol. The lowest BCUT2D eigenvalue weighted by atomic mass is 10.0. The van der Waals surface area contributed by atoms with Gasteiger partial charge in [-0.25, -0.2) is 4.79 Å². The highest BCUT2D eigenvalue weighted by molar-refractivity contribution is 6.02. The van der Waals surface area contributed by atoms with E-state index < -0.39 is 41.5 Å². The predicted octanol–water partition coefficient (Wildman–Crippen LogP) is 8.30. The summed E-state index contributed by atoms with van der Waals surface area (Å²) in [6, 6.07) is 12.2. The fourth-order valence-electron chi connectivity index (χ4n) is 5.98. The minimum Gasteiger partial charge on any atom is -0.490 e. The number of rotatable bonds is 8.